The highest BCUT2D eigenvalue weighted by molar-refractivity contribution is 5.89. The van der Waals surface area contributed by atoms with E-state index in [1.807, 2.05) is 6.20 Å². The molecule has 164 valence electrons. The first-order valence-corrected chi connectivity index (χ1v) is 11.6. The number of rotatable bonds is 3. The second-order valence-electron chi connectivity index (χ2n) is 9.35. The molecule has 0 bridgehead atoms. The molecule has 2 aromatic heterocycles. The molecule has 0 unspecified atom stereocenters. The predicted octanol–water partition coefficient (Wildman–Crippen LogP) is 4.22. The summed E-state index contributed by atoms with van der Waals surface area (Å²) >= 11 is 0. The monoisotopic (exact) mass is 418 g/mol. The Morgan fingerprint density at radius 3 is 2.55 bits per heavy atom. The third-order valence-corrected chi connectivity index (χ3v) is 7.44. The summed E-state index contributed by atoms with van der Waals surface area (Å²) in [7, 11) is 4.44. The number of imidazole rings is 1. The zero-order valence-electron chi connectivity index (χ0n) is 19.2. The van der Waals surface area contributed by atoms with Crippen molar-refractivity contribution in [3.05, 3.63) is 53.1 Å². The van der Waals surface area contributed by atoms with Crippen LogP contribution >= 0.6 is 0 Å². The number of nitrogens with one attached hydrogen (secondary N) is 1. The molecule has 0 aliphatic carbocycles. The van der Waals surface area contributed by atoms with Crippen molar-refractivity contribution in [2.45, 2.75) is 45.2 Å². The number of piperidine rings is 1. The molecule has 5 rings (SSSR count). The second-order valence-corrected chi connectivity index (χ2v) is 9.35. The lowest BCUT2D eigenvalue weighted by atomic mass is 9.91. The summed E-state index contributed by atoms with van der Waals surface area (Å²) in [5.41, 5.74) is 7.41. The zero-order chi connectivity index (χ0) is 21.5. The van der Waals surface area contributed by atoms with Gasteiger partial charge in [-0.1, -0.05) is 6.07 Å². The van der Waals surface area contributed by atoms with Gasteiger partial charge >= 0.3 is 0 Å². The van der Waals surface area contributed by atoms with Crippen molar-refractivity contribution in [1.82, 2.24) is 24.8 Å². The molecule has 0 saturated carbocycles. The maximum absolute atomic E-state index is 5.07. The number of likely N-dealkylation sites (tertiary alicyclic amines) is 1. The van der Waals surface area contributed by atoms with Crippen molar-refractivity contribution >= 4 is 16.7 Å². The molecule has 6 heteroatoms. The number of fused-ring (bicyclic) bond motifs is 1. The Bertz CT molecular complexity index is 1070. The van der Waals surface area contributed by atoms with Gasteiger partial charge in [-0.15, -0.1) is 0 Å². The van der Waals surface area contributed by atoms with Gasteiger partial charge in [0, 0.05) is 32.4 Å². The van der Waals surface area contributed by atoms with E-state index in [9.17, 15) is 0 Å². The lowest BCUT2D eigenvalue weighted by molar-refractivity contribution is 0.107. The van der Waals surface area contributed by atoms with Crippen LogP contribution in [0.25, 0.3) is 11.0 Å². The number of pyridine rings is 1. The van der Waals surface area contributed by atoms with Gasteiger partial charge in [0.05, 0.1) is 34.5 Å². The molecule has 0 radical (unpaired) electrons. The molecular weight excluding hydrogens is 384 g/mol. The standard InChI is InChI=1S/C25H34N6/c1-17-11-12-26-23(18(17)2)20-8-6-10-22(30(20)4)25-27-19-7-5-9-21(24(19)28-25)31-15-13-29(3)14-16-31/h5,7,9,11-12,20,22H,6,8,10,13-16H2,1-4H3,(H,27,28)/t20-,22+/m0/s1. The summed E-state index contributed by atoms with van der Waals surface area (Å²) in [5.74, 6) is 1.09. The molecule has 2 saturated heterocycles. The van der Waals surface area contributed by atoms with E-state index >= 15 is 0 Å². The minimum Gasteiger partial charge on any atom is -0.367 e. The molecule has 2 aliphatic rings. The van der Waals surface area contributed by atoms with E-state index in [2.05, 4.69) is 71.9 Å². The fourth-order valence-corrected chi connectivity index (χ4v) is 5.28. The second kappa shape index (κ2) is 8.24. The Morgan fingerprint density at radius 2 is 1.74 bits per heavy atom. The third-order valence-electron chi connectivity index (χ3n) is 7.44. The SMILES string of the molecule is Cc1ccnc([C@@H]2CCC[C@H](c3nc4cccc(N5CCN(C)CC5)c4[nH]3)N2C)c1C. The summed E-state index contributed by atoms with van der Waals surface area (Å²) in [4.78, 5) is 21.0. The Balaban J connectivity index is 1.46. The molecule has 0 amide bonds. The van der Waals surface area contributed by atoms with Crippen LogP contribution in [0.2, 0.25) is 0 Å². The van der Waals surface area contributed by atoms with Crippen molar-refractivity contribution in [3.8, 4) is 0 Å². The van der Waals surface area contributed by atoms with E-state index in [4.69, 9.17) is 9.97 Å². The lowest BCUT2D eigenvalue weighted by Crippen LogP contribution is -2.44. The molecule has 2 fully saturated rings. The number of aromatic nitrogens is 3. The average molecular weight is 419 g/mol. The van der Waals surface area contributed by atoms with E-state index < -0.39 is 0 Å². The van der Waals surface area contributed by atoms with Crippen LogP contribution in [0.5, 0.6) is 0 Å². The van der Waals surface area contributed by atoms with E-state index in [0.29, 0.717) is 6.04 Å². The maximum Gasteiger partial charge on any atom is 0.124 e. The fourth-order valence-electron chi connectivity index (χ4n) is 5.28. The van der Waals surface area contributed by atoms with Crippen LogP contribution in [-0.4, -0.2) is 65.0 Å². The van der Waals surface area contributed by atoms with Crippen LogP contribution in [0.4, 0.5) is 5.69 Å². The Kier molecular flexibility index (Phi) is 5.44. The fraction of sp³-hybridized carbons (Fsp3) is 0.520. The molecule has 3 aromatic rings. The van der Waals surface area contributed by atoms with E-state index in [0.717, 1.165) is 50.4 Å². The van der Waals surface area contributed by atoms with Gasteiger partial charge in [0.2, 0.25) is 0 Å². The lowest BCUT2D eigenvalue weighted by Gasteiger charge is -2.39. The summed E-state index contributed by atoms with van der Waals surface area (Å²) in [6.07, 6.45) is 5.42. The molecule has 6 nitrogen and oxygen atoms in total. The first-order chi connectivity index (χ1) is 15.0. The normalized spacial score (nSPS) is 23.5. The number of hydrogen-bond acceptors (Lipinski definition) is 5. The van der Waals surface area contributed by atoms with Gasteiger partial charge in [-0.2, -0.15) is 0 Å². The molecule has 1 aromatic carbocycles. The first-order valence-electron chi connectivity index (χ1n) is 11.6. The van der Waals surface area contributed by atoms with Crippen molar-refractivity contribution in [3.63, 3.8) is 0 Å². The minimum absolute atomic E-state index is 0.285. The Morgan fingerprint density at radius 1 is 0.968 bits per heavy atom. The van der Waals surface area contributed by atoms with Gasteiger partial charge in [0.1, 0.15) is 5.82 Å². The van der Waals surface area contributed by atoms with Crippen molar-refractivity contribution < 1.29 is 0 Å². The van der Waals surface area contributed by atoms with Crippen LogP contribution in [0.15, 0.2) is 30.5 Å². The minimum atomic E-state index is 0.285. The third kappa shape index (κ3) is 3.72. The summed E-state index contributed by atoms with van der Waals surface area (Å²) in [6, 6.07) is 9.26. The van der Waals surface area contributed by atoms with Gasteiger partial charge in [0.25, 0.3) is 0 Å². The number of piperazine rings is 1. The summed E-state index contributed by atoms with van der Waals surface area (Å²) < 4.78 is 0. The highest BCUT2D eigenvalue weighted by Crippen LogP contribution is 2.41. The Labute approximate surface area is 185 Å². The quantitative estimate of drug-likeness (QED) is 0.690. The number of H-pyrrole nitrogens is 1. The molecule has 0 spiro atoms. The van der Waals surface area contributed by atoms with E-state index in [-0.39, 0.29) is 6.04 Å². The molecule has 2 aliphatic heterocycles. The number of hydrogen-bond donors (Lipinski definition) is 1. The number of para-hydroxylation sites is 1. The number of nitrogens with zero attached hydrogens (tertiary/aromatic N) is 5. The van der Waals surface area contributed by atoms with E-state index in [1.165, 1.54) is 34.4 Å². The Hall–Kier alpha value is -2.44. The van der Waals surface area contributed by atoms with Crippen LogP contribution in [-0.2, 0) is 0 Å². The molecular formula is C25H34N6. The highest BCUT2D eigenvalue weighted by Gasteiger charge is 2.33. The number of benzene rings is 1. The van der Waals surface area contributed by atoms with Crippen molar-refractivity contribution in [1.29, 1.82) is 0 Å². The molecule has 4 heterocycles. The van der Waals surface area contributed by atoms with E-state index in [1.54, 1.807) is 0 Å². The van der Waals surface area contributed by atoms with Crippen molar-refractivity contribution in [2.24, 2.45) is 0 Å². The number of anilines is 1. The smallest absolute Gasteiger partial charge is 0.124 e. The summed E-state index contributed by atoms with van der Waals surface area (Å²) in [6.45, 7) is 8.72. The maximum atomic E-state index is 5.07. The highest BCUT2D eigenvalue weighted by atomic mass is 15.3. The molecule has 1 N–H and O–H groups in total. The van der Waals surface area contributed by atoms with Gasteiger partial charge in [-0.25, -0.2) is 4.98 Å². The largest absolute Gasteiger partial charge is 0.367 e. The van der Waals surface area contributed by atoms with Crippen LogP contribution in [0, 0.1) is 13.8 Å². The van der Waals surface area contributed by atoms with Gasteiger partial charge in [-0.05, 0) is 76.5 Å². The van der Waals surface area contributed by atoms with Gasteiger partial charge in [-0.3, -0.25) is 9.88 Å². The van der Waals surface area contributed by atoms with Crippen LogP contribution in [0.3, 0.4) is 0 Å². The number of aromatic amines is 1. The predicted molar refractivity (Wildman–Crippen MR) is 127 cm³/mol. The molecule has 2 atom stereocenters. The average Bonchev–Trinajstić information content (AvgIpc) is 3.21. The number of likely N-dealkylation sites (N-methyl/N-ethyl adjacent to an activating group) is 1. The summed E-state index contributed by atoms with van der Waals surface area (Å²) in [5, 5.41) is 0. The van der Waals surface area contributed by atoms with Gasteiger partial charge in [0.15, 0.2) is 0 Å². The van der Waals surface area contributed by atoms with Crippen LogP contribution < -0.4 is 4.90 Å². The molecule has 31 heavy (non-hydrogen) atoms. The number of aryl methyl sites for hydroxylation is 1. The zero-order valence-corrected chi connectivity index (χ0v) is 19.2. The first kappa shape index (κ1) is 20.5. The van der Waals surface area contributed by atoms with Crippen molar-refractivity contribution in [2.75, 3.05) is 45.2 Å². The topological polar surface area (TPSA) is 51.3 Å². The van der Waals surface area contributed by atoms with Gasteiger partial charge < -0.3 is 14.8 Å². The van der Waals surface area contributed by atoms with Crippen LogP contribution in [0.1, 0.15) is 54.0 Å².